The molecule has 0 aliphatic heterocycles. The number of thioether (sulfide) groups is 1. The molecular formula is C13H18F3NS. The molecule has 1 aromatic rings. The molecule has 18 heavy (non-hydrogen) atoms. The van der Waals surface area contributed by atoms with E-state index in [2.05, 4.69) is 20.8 Å². The molecular weight excluding hydrogens is 259 g/mol. The lowest BCUT2D eigenvalue weighted by molar-refractivity contribution is -0.137. The van der Waals surface area contributed by atoms with Crippen LogP contribution in [-0.4, -0.2) is 5.25 Å². The van der Waals surface area contributed by atoms with Gasteiger partial charge in [-0.1, -0.05) is 20.8 Å². The van der Waals surface area contributed by atoms with Gasteiger partial charge in [-0.15, -0.1) is 11.8 Å². The number of hydrogen-bond acceptors (Lipinski definition) is 2. The molecule has 1 nitrogen and oxygen atoms in total. The molecule has 0 heterocycles. The first-order valence-corrected chi connectivity index (χ1v) is 6.70. The summed E-state index contributed by atoms with van der Waals surface area (Å²) in [7, 11) is 0. The van der Waals surface area contributed by atoms with Crippen LogP contribution in [0.2, 0.25) is 0 Å². The van der Waals surface area contributed by atoms with E-state index in [9.17, 15) is 13.2 Å². The molecule has 0 spiro atoms. The van der Waals surface area contributed by atoms with Gasteiger partial charge in [-0.2, -0.15) is 13.2 Å². The molecule has 0 radical (unpaired) electrons. The summed E-state index contributed by atoms with van der Waals surface area (Å²) >= 11 is 1.57. The van der Waals surface area contributed by atoms with Crippen LogP contribution < -0.4 is 5.73 Å². The lowest BCUT2D eigenvalue weighted by Gasteiger charge is -2.18. The Bertz CT molecular complexity index is 402. The number of hydrogen-bond donors (Lipinski definition) is 1. The second kappa shape index (κ2) is 5.97. The molecule has 0 saturated carbocycles. The van der Waals surface area contributed by atoms with Gasteiger partial charge in [-0.05, 0) is 29.7 Å². The van der Waals surface area contributed by atoms with Crippen molar-refractivity contribution in [1.29, 1.82) is 0 Å². The van der Waals surface area contributed by atoms with E-state index in [-0.39, 0.29) is 6.54 Å². The minimum Gasteiger partial charge on any atom is -0.326 e. The molecule has 0 aliphatic rings. The first kappa shape index (κ1) is 15.4. The third kappa shape index (κ3) is 3.92. The molecule has 1 unspecified atom stereocenters. The van der Waals surface area contributed by atoms with E-state index in [0.29, 0.717) is 16.7 Å². The Morgan fingerprint density at radius 3 is 2.28 bits per heavy atom. The van der Waals surface area contributed by atoms with Crippen LogP contribution in [0.25, 0.3) is 0 Å². The zero-order valence-corrected chi connectivity index (χ0v) is 11.5. The van der Waals surface area contributed by atoms with Crippen molar-refractivity contribution < 1.29 is 13.2 Å². The minimum absolute atomic E-state index is 0.122. The zero-order valence-electron chi connectivity index (χ0n) is 10.7. The van der Waals surface area contributed by atoms with Crippen LogP contribution in [0.4, 0.5) is 13.2 Å². The Kier molecular flexibility index (Phi) is 5.10. The van der Waals surface area contributed by atoms with Crippen molar-refractivity contribution in [2.45, 2.75) is 43.6 Å². The smallest absolute Gasteiger partial charge is 0.326 e. The van der Waals surface area contributed by atoms with E-state index >= 15 is 0 Å². The number of nitrogens with two attached hydrogens (primary N) is 1. The van der Waals surface area contributed by atoms with Crippen LogP contribution in [0, 0.1) is 5.92 Å². The van der Waals surface area contributed by atoms with Crippen LogP contribution in [0.1, 0.15) is 31.9 Å². The predicted molar refractivity (Wildman–Crippen MR) is 69.5 cm³/mol. The lowest BCUT2D eigenvalue weighted by atomic mass is 10.1. The number of halogens is 3. The van der Waals surface area contributed by atoms with Crippen molar-refractivity contribution in [3.8, 4) is 0 Å². The van der Waals surface area contributed by atoms with E-state index in [1.165, 1.54) is 6.07 Å². The Morgan fingerprint density at radius 1 is 1.22 bits per heavy atom. The minimum atomic E-state index is -4.31. The Balaban J connectivity index is 3.01. The molecule has 0 aliphatic carbocycles. The SMILES string of the molecule is CC(C)C(C)Sc1ccc(C(F)(F)F)cc1CN. The van der Waals surface area contributed by atoms with E-state index < -0.39 is 11.7 Å². The first-order valence-electron chi connectivity index (χ1n) is 5.82. The maximum atomic E-state index is 12.6. The number of benzene rings is 1. The highest BCUT2D eigenvalue weighted by molar-refractivity contribution is 8.00. The fraction of sp³-hybridized carbons (Fsp3) is 0.538. The van der Waals surface area contributed by atoms with Crippen molar-refractivity contribution in [3.63, 3.8) is 0 Å². The highest BCUT2D eigenvalue weighted by Gasteiger charge is 2.31. The molecule has 0 amide bonds. The third-order valence-corrected chi connectivity index (χ3v) is 4.43. The summed E-state index contributed by atoms with van der Waals surface area (Å²) in [6.45, 7) is 6.36. The van der Waals surface area contributed by atoms with E-state index in [1.54, 1.807) is 11.8 Å². The fourth-order valence-electron chi connectivity index (χ4n) is 1.37. The highest BCUT2D eigenvalue weighted by Crippen LogP contribution is 2.35. The average Bonchev–Trinajstić information content (AvgIpc) is 2.27. The monoisotopic (exact) mass is 277 g/mol. The molecule has 0 aromatic heterocycles. The summed E-state index contributed by atoms with van der Waals surface area (Å²) in [5.41, 5.74) is 5.46. The molecule has 1 atom stereocenters. The number of alkyl halides is 3. The van der Waals surface area contributed by atoms with Gasteiger partial charge in [-0.25, -0.2) is 0 Å². The average molecular weight is 277 g/mol. The van der Waals surface area contributed by atoms with Gasteiger partial charge in [0, 0.05) is 16.7 Å². The van der Waals surface area contributed by atoms with Crippen molar-refractivity contribution in [2.75, 3.05) is 0 Å². The van der Waals surface area contributed by atoms with Gasteiger partial charge in [0.15, 0.2) is 0 Å². The van der Waals surface area contributed by atoms with Gasteiger partial charge in [-0.3, -0.25) is 0 Å². The van der Waals surface area contributed by atoms with Crippen LogP contribution in [0.5, 0.6) is 0 Å². The maximum Gasteiger partial charge on any atom is 0.416 e. The summed E-state index contributed by atoms with van der Waals surface area (Å²) in [6, 6.07) is 3.79. The Labute approximate surface area is 110 Å². The Morgan fingerprint density at radius 2 is 1.83 bits per heavy atom. The van der Waals surface area contributed by atoms with E-state index in [1.807, 2.05) is 0 Å². The van der Waals surface area contributed by atoms with Crippen molar-refractivity contribution >= 4 is 11.8 Å². The molecule has 0 saturated heterocycles. The summed E-state index contributed by atoms with van der Waals surface area (Å²) in [4.78, 5) is 0.840. The van der Waals surface area contributed by atoms with E-state index in [0.717, 1.165) is 17.0 Å². The van der Waals surface area contributed by atoms with Crippen molar-refractivity contribution in [3.05, 3.63) is 29.3 Å². The second-order valence-corrected chi connectivity index (χ2v) is 6.01. The standard InChI is InChI=1S/C13H18F3NS/c1-8(2)9(3)18-12-5-4-11(13(14,15)16)6-10(12)7-17/h4-6,8-9H,7,17H2,1-3H3. The summed E-state index contributed by atoms with van der Waals surface area (Å²) < 4.78 is 37.7. The first-order chi connectivity index (χ1) is 8.25. The van der Waals surface area contributed by atoms with Gasteiger partial charge in [0.1, 0.15) is 0 Å². The van der Waals surface area contributed by atoms with Gasteiger partial charge < -0.3 is 5.73 Å². The molecule has 2 N–H and O–H groups in total. The van der Waals surface area contributed by atoms with Crippen molar-refractivity contribution in [1.82, 2.24) is 0 Å². The normalized spacial score (nSPS) is 14.0. The second-order valence-electron chi connectivity index (χ2n) is 4.59. The fourth-order valence-corrected chi connectivity index (χ4v) is 2.48. The summed E-state index contributed by atoms with van der Waals surface area (Å²) in [5.74, 6) is 0.461. The quantitative estimate of drug-likeness (QED) is 0.830. The molecule has 0 fully saturated rings. The molecule has 102 valence electrons. The van der Waals surface area contributed by atoms with E-state index in [4.69, 9.17) is 5.73 Å². The third-order valence-electron chi connectivity index (χ3n) is 2.86. The zero-order chi connectivity index (χ0) is 13.9. The van der Waals surface area contributed by atoms with Gasteiger partial charge in [0.05, 0.1) is 5.56 Å². The number of rotatable bonds is 4. The van der Waals surface area contributed by atoms with Crippen LogP contribution in [0.3, 0.4) is 0 Å². The molecule has 5 heteroatoms. The summed E-state index contributed by atoms with van der Waals surface area (Å²) in [6.07, 6.45) is -4.31. The van der Waals surface area contributed by atoms with Gasteiger partial charge in [0.2, 0.25) is 0 Å². The van der Waals surface area contributed by atoms with Gasteiger partial charge >= 0.3 is 6.18 Å². The largest absolute Gasteiger partial charge is 0.416 e. The van der Waals surface area contributed by atoms with Crippen LogP contribution in [0.15, 0.2) is 23.1 Å². The predicted octanol–water partition coefficient (Wildman–Crippen LogP) is 4.30. The molecule has 1 rings (SSSR count). The lowest BCUT2D eigenvalue weighted by Crippen LogP contribution is -2.10. The highest BCUT2D eigenvalue weighted by atomic mass is 32.2. The summed E-state index contributed by atoms with van der Waals surface area (Å²) in [5, 5.41) is 0.340. The van der Waals surface area contributed by atoms with Crippen LogP contribution >= 0.6 is 11.8 Å². The molecule has 0 bridgehead atoms. The van der Waals surface area contributed by atoms with Gasteiger partial charge in [0.25, 0.3) is 0 Å². The maximum absolute atomic E-state index is 12.6. The van der Waals surface area contributed by atoms with Crippen LogP contribution in [-0.2, 0) is 12.7 Å². The van der Waals surface area contributed by atoms with Crippen molar-refractivity contribution in [2.24, 2.45) is 11.7 Å². The Hall–Kier alpha value is -0.680. The topological polar surface area (TPSA) is 26.0 Å². The molecule has 1 aromatic carbocycles.